The monoisotopic (exact) mass is 316 g/mol. The zero-order chi connectivity index (χ0) is 14.8. The maximum Gasteiger partial charge on any atom is 0.327 e. The molecule has 108 valence electrons. The molecule has 2 aromatic heterocycles. The number of carbonyl (C=O) groups is 1. The van der Waals surface area contributed by atoms with E-state index < -0.39 is 27.8 Å². The van der Waals surface area contributed by atoms with Crippen molar-refractivity contribution in [2.45, 2.75) is 18.7 Å². The van der Waals surface area contributed by atoms with E-state index in [1.165, 1.54) is 17.4 Å². The molecule has 0 saturated carbocycles. The first kappa shape index (κ1) is 14.7. The van der Waals surface area contributed by atoms with Crippen molar-refractivity contribution in [2.75, 3.05) is 0 Å². The second-order valence-electron chi connectivity index (χ2n) is 4.09. The summed E-state index contributed by atoms with van der Waals surface area (Å²) in [7, 11) is -3.84. The lowest BCUT2D eigenvalue weighted by Gasteiger charge is -2.12. The van der Waals surface area contributed by atoms with Crippen LogP contribution in [0.1, 0.15) is 22.4 Å². The van der Waals surface area contributed by atoms with Gasteiger partial charge in [0.1, 0.15) is 17.2 Å². The number of aliphatic carboxylic acids is 1. The molecule has 2 aromatic rings. The van der Waals surface area contributed by atoms with E-state index in [2.05, 4.69) is 9.88 Å². The molecule has 2 rings (SSSR count). The van der Waals surface area contributed by atoms with Gasteiger partial charge in [0, 0.05) is 10.9 Å². The van der Waals surface area contributed by atoms with Crippen LogP contribution in [0.15, 0.2) is 28.1 Å². The Morgan fingerprint density at radius 3 is 2.85 bits per heavy atom. The highest BCUT2D eigenvalue weighted by molar-refractivity contribution is 7.88. The smallest absolute Gasteiger partial charge is 0.327 e. The number of aromatic nitrogens is 1. The van der Waals surface area contributed by atoms with Crippen LogP contribution in [-0.4, -0.2) is 24.7 Å². The number of hydrogen-bond acceptors (Lipinski definition) is 6. The quantitative estimate of drug-likeness (QED) is 0.831. The van der Waals surface area contributed by atoms with E-state index in [0.29, 0.717) is 10.6 Å². The van der Waals surface area contributed by atoms with Crippen LogP contribution in [0.5, 0.6) is 0 Å². The number of sulfonamides is 1. The molecule has 2 heterocycles. The molecule has 20 heavy (non-hydrogen) atoms. The number of carboxylic acids is 1. The highest BCUT2D eigenvalue weighted by Crippen LogP contribution is 2.20. The highest BCUT2D eigenvalue weighted by Gasteiger charge is 2.27. The molecule has 0 aromatic carbocycles. The molecule has 0 aliphatic carbocycles. The summed E-state index contributed by atoms with van der Waals surface area (Å²) in [5.41, 5.74) is 0.227. The van der Waals surface area contributed by atoms with Crippen LogP contribution in [0.3, 0.4) is 0 Å². The molecule has 0 saturated heterocycles. The van der Waals surface area contributed by atoms with E-state index in [9.17, 15) is 13.2 Å². The van der Waals surface area contributed by atoms with Crippen molar-refractivity contribution in [3.8, 4) is 0 Å². The van der Waals surface area contributed by atoms with Gasteiger partial charge >= 0.3 is 5.97 Å². The largest absolute Gasteiger partial charge is 0.480 e. The van der Waals surface area contributed by atoms with Crippen LogP contribution in [0.4, 0.5) is 0 Å². The van der Waals surface area contributed by atoms with Crippen LogP contribution in [0.25, 0.3) is 0 Å². The van der Waals surface area contributed by atoms with Crippen LogP contribution >= 0.6 is 11.3 Å². The van der Waals surface area contributed by atoms with Gasteiger partial charge in [0.2, 0.25) is 10.0 Å². The van der Waals surface area contributed by atoms with Gasteiger partial charge in [-0.15, -0.1) is 11.3 Å². The third-order valence-electron chi connectivity index (χ3n) is 2.39. The molecule has 1 unspecified atom stereocenters. The number of rotatable bonds is 6. The highest BCUT2D eigenvalue weighted by atomic mass is 32.2. The molecule has 7 nitrogen and oxygen atoms in total. The van der Waals surface area contributed by atoms with Crippen molar-refractivity contribution in [1.29, 1.82) is 0 Å². The van der Waals surface area contributed by atoms with Gasteiger partial charge in [0.25, 0.3) is 0 Å². The second-order valence-corrected chi connectivity index (χ2v) is 6.83. The first-order valence-corrected chi connectivity index (χ1v) is 8.09. The molecule has 0 aliphatic rings. The van der Waals surface area contributed by atoms with Crippen molar-refractivity contribution in [3.05, 3.63) is 39.9 Å². The van der Waals surface area contributed by atoms with Crippen molar-refractivity contribution in [2.24, 2.45) is 0 Å². The fourth-order valence-electron chi connectivity index (χ4n) is 1.59. The van der Waals surface area contributed by atoms with E-state index in [-0.39, 0.29) is 5.69 Å². The summed E-state index contributed by atoms with van der Waals surface area (Å²) in [6.45, 7) is 1.64. The van der Waals surface area contributed by atoms with Crippen molar-refractivity contribution in [3.63, 3.8) is 0 Å². The molecule has 0 aliphatic heterocycles. The average molecular weight is 316 g/mol. The molecular formula is C11H12N2O5S2. The third-order valence-corrected chi connectivity index (χ3v) is 4.59. The van der Waals surface area contributed by atoms with Crippen LogP contribution in [0.2, 0.25) is 0 Å². The van der Waals surface area contributed by atoms with E-state index in [0.717, 1.165) is 0 Å². The molecule has 0 amide bonds. The number of carboxylic acid groups (broad SMARTS) is 1. The number of thiophene rings is 1. The predicted octanol–water partition coefficient (Wildman–Crippen LogP) is 1.29. The van der Waals surface area contributed by atoms with E-state index in [1.807, 2.05) is 0 Å². The summed E-state index contributed by atoms with van der Waals surface area (Å²) in [6, 6.07) is 3.41. The zero-order valence-corrected chi connectivity index (χ0v) is 12.1. The maximum absolute atomic E-state index is 12.0. The Kier molecular flexibility index (Phi) is 4.21. The van der Waals surface area contributed by atoms with Gasteiger partial charge in [0.15, 0.2) is 6.04 Å². The van der Waals surface area contributed by atoms with Crippen LogP contribution in [0, 0.1) is 6.92 Å². The Bertz CT molecular complexity index is 690. The Morgan fingerprint density at radius 2 is 2.35 bits per heavy atom. The SMILES string of the molecule is Cc1cc(CS(=O)(=O)NC(C(=O)O)c2cccs2)no1. The fourth-order valence-corrected chi connectivity index (χ4v) is 3.63. The molecule has 0 spiro atoms. The summed E-state index contributed by atoms with van der Waals surface area (Å²) in [4.78, 5) is 11.6. The Balaban J connectivity index is 2.15. The van der Waals surface area contributed by atoms with Gasteiger partial charge in [-0.1, -0.05) is 11.2 Å². The number of nitrogens with one attached hydrogen (secondary N) is 1. The van der Waals surface area contributed by atoms with E-state index in [4.69, 9.17) is 9.63 Å². The second kappa shape index (κ2) is 5.73. The van der Waals surface area contributed by atoms with Gasteiger partial charge in [0.05, 0.1) is 0 Å². The Labute approximate surface area is 119 Å². The minimum absolute atomic E-state index is 0.227. The number of hydrogen-bond donors (Lipinski definition) is 2. The van der Waals surface area contributed by atoms with Gasteiger partial charge in [-0.3, -0.25) is 4.79 Å². The van der Waals surface area contributed by atoms with Gasteiger partial charge < -0.3 is 9.63 Å². The topological polar surface area (TPSA) is 110 Å². The minimum atomic E-state index is -3.84. The van der Waals surface area contributed by atoms with Crippen LogP contribution in [-0.2, 0) is 20.6 Å². The molecular weight excluding hydrogens is 304 g/mol. The molecule has 9 heteroatoms. The molecule has 2 N–H and O–H groups in total. The first-order valence-electron chi connectivity index (χ1n) is 5.56. The molecule has 0 fully saturated rings. The van der Waals surface area contributed by atoms with Gasteiger partial charge in [-0.25, -0.2) is 8.42 Å². The predicted molar refractivity (Wildman–Crippen MR) is 71.7 cm³/mol. The van der Waals surface area contributed by atoms with Crippen molar-refractivity contribution >= 4 is 27.3 Å². The number of aryl methyl sites for hydroxylation is 1. The summed E-state index contributed by atoms with van der Waals surface area (Å²) in [5, 5.41) is 14.4. The lowest BCUT2D eigenvalue weighted by Crippen LogP contribution is -2.34. The lowest BCUT2D eigenvalue weighted by atomic mass is 10.3. The summed E-state index contributed by atoms with van der Waals surface area (Å²) in [6.07, 6.45) is 0. The van der Waals surface area contributed by atoms with Crippen LogP contribution < -0.4 is 4.72 Å². The standard InChI is InChI=1S/C11H12N2O5S2/c1-7-5-8(12-18-7)6-20(16,17)13-10(11(14)15)9-3-2-4-19-9/h2-5,10,13H,6H2,1H3,(H,14,15). The fraction of sp³-hybridized carbons (Fsp3) is 0.273. The normalized spacial score (nSPS) is 13.2. The first-order chi connectivity index (χ1) is 9.37. The summed E-state index contributed by atoms with van der Waals surface area (Å²) in [5.74, 6) is -1.20. The third kappa shape index (κ3) is 3.65. The Morgan fingerprint density at radius 1 is 1.60 bits per heavy atom. The van der Waals surface area contributed by atoms with Gasteiger partial charge in [-0.05, 0) is 18.4 Å². The molecule has 1 atom stereocenters. The Hall–Kier alpha value is -1.71. The average Bonchev–Trinajstić information content (AvgIpc) is 2.97. The summed E-state index contributed by atoms with van der Waals surface area (Å²) < 4.78 is 30.9. The van der Waals surface area contributed by atoms with Crippen molar-refractivity contribution in [1.82, 2.24) is 9.88 Å². The zero-order valence-electron chi connectivity index (χ0n) is 10.4. The minimum Gasteiger partial charge on any atom is -0.480 e. The van der Waals surface area contributed by atoms with Crippen molar-refractivity contribution < 1.29 is 22.8 Å². The lowest BCUT2D eigenvalue weighted by molar-refractivity contribution is -0.139. The molecule has 0 radical (unpaired) electrons. The summed E-state index contributed by atoms with van der Waals surface area (Å²) >= 11 is 1.17. The van der Waals surface area contributed by atoms with E-state index >= 15 is 0 Å². The van der Waals surface area contributed by atoms with Gasteiger partial charge in [-0.2, -0.15) is 4.72 Å². The number of nitrogens with zero attached hydrogens (tertiary/aromatic N) is 1. The van der Waals surface area contributed by atoms with E-state index in [1.54, 1.807) is 24.4 Å². The molecule has 0 bridgehead atoms. The maximum atomic E-state index is 12.0.